The average molecular weight is 252 g/mol. The number of nitrogens with two attached hydrogens (primary N) is 1. The molecule has 0 atom stereocenters. The topological polar surface area (TPSA) is 84.6 Å². The molecule has 4 N–H and O–H groups in total. The maximum atomic E-state index is 12.0. The van der Waals surface area contributed by atoms with Gasteiger partial charge in [0.2, 0.25) is 0 Å². The Morgan fingerprint density at radius 1 is 1.50 bits per heavy atom. The molecular formula is C13H20N2O3. The minimum atomic E-state index is -0.967. The van der Waals surface area contributed by atoms with E-state index in [1.807, 2.05) is 6.92 Å². The number of nitrogens with one attached hydrogen (secondary N) is 1. The largest absolute Gasteiger partial charge is 0.493 e. The maximum Gasteiger partial charge on any atom is 0.257 e. The predicted octanol–water partition coefficient (Wildman–Crippen LogP) is 1.17. The lowest BCUT2D eigenvalue weighted by atomic mass is 10.1. The summed E-state index contributed by atoms with van der Waals surface area (Å²) in [6, 6.07) is 5.06. The van der Waals surface area contributed by atoms with E-state index in [0.717, 1.165) is 0 Å². The Balaban J connectivity index is 2.90. The molecule has 0 radical (unpaired) electrons. The van der Waals surface area contributed by atoms with Gasteiger partial charge in [-0.3, -0.25) is 4.79 Å². The summed E-state index contributed by atoms with van der Waals surface area (Å²) < 4.78 is 5.37. The number of amides is 1. The summed E-state index contributed by atoms with van der Waals surface area (Å²) in [6.45, 7) is 5.67. The minimum absolute atomic E-state index is 0.145. The van der Waals surface area contributed by atoms with Gasteiger partial charge in [0.05, 0.1) is 12.2 Å². The van der Waals surface area contributed by atoms with Crippen molar-refractivity contribution in [2.75, 3.05) is 18.9 Å². The van der Waals surface area contributed by atoms with Crippen molar-refractivity contribution in [2.45, 2.75) is 26.4 Å². The number of hydrogen-bond acceptors (Lipinski definition) is 4. The van der Waals surface area contributed by atoms with Crippen molar-refractivity contribution < 1.29 is 14.6 Å². The van der Waals surface area contributed by atoms with Crippen LogP contribution >= 0.6 is 0 Å². The Morgan fingerprint density at radius 3 is 2.72 bits per heavy atom. The molecule has 5 heteroatoms. The van der Waals surface area contributed by atoms with Gasteiger partial charge in [-0.25, -0.2) is 0 Å². The van der Waals surface area contributed by atoms with Crippen molar-refractivity contribution >= 4 is 11.6 Å². The first-order valence-electron chi connectivity index (χ1n) is 5.87. The Hall–Kier alpha value is -1.75. The number of nitrogen functional groups attached to an aromatic ring is 1. The third kappa shape index (κ3) is 3.92. The van der Waals surface area contributed by atoms with E-state index in [1.165, 1.54) is 0 Å². The van der Waals surface area contributed by atoms with Crippen LogP contribution in [0.3, 0.4) is 0 Å². The van der Waals surface area contributed by atoms with Crippen LogP contribution in [0.2, 0.25) is 0 Å². The van der Waals surface area contributed by atoms with Gasteiger partial charge in [0.25, 0.3) is 5.91 Å². The summed E-state index contributed by atoms with van der Waals surface area (Å²) >= 11 is 0. The van der Waals surface area contributed by atoms with Crippen molar-refractivity contribution in [1.82, 2.24) is 5.32 Å². The Morgan fingerprint density at radius 2 is 2.17 bits per heavy atom. The summed E-state index contributed by atoms with van der Waals surface area (Å²) in [5, 5.41) is 12.2. The van der Waals surface area contributed by atoms with Crippen molar-refractivity contribution in [3.8, 4) is 5.75 Å². The molecule has 0 spiro atoms. The van der Waals surface area contributed by atoms with Crippen LogP contribution < -0.4 is 15.8 Å². The number of ether oxygens (including phenoxy) is 1. The third-order valence-corrected chi connectivity index (χ3v) is 2.27. The Kier molecular flexibility index (Phi) is 4.55. The van der Waals surface area contributed by atoms with Gasteiger partial charge in [-0.05, 0) is 32.9 Å². The second-order valence-electron chi connectivity index (χ2n) is 4.65. The molecule has 0 saturated heterocycles. The number of carbonyl (C=O) groups excluding carboxylic acids is 1. The first-order chi connectivity index (χ1) is 8.35. The highest BCUT2D eigenvalue weighted by Crippen LogP contribution is 2.24. The normalized spacial score (nSPS) is 11.1. The fourth-order valence-electron chi connectivity index (χ4n) is 1.45. The molecule has 1 rings (SSSR count). The van der Waals surface area contributed by atoms with Crippen molar-refractivity contribution in [1.29, 1.82) is 0 Å². The Labute approximate surface area is 107 Å². The van der Waals surface area contributed by atoms with Crippen LogP contribution in [0.1, 0.15) is 31.1 Å². The van der Waals surface area contributed by atoms with E-state index in [0.29, 0.717) is 23.6 Å². The molecule has 0 bridgehead atoms. The molecule has 100 valence electrons. The molecule has 0 unspecified atom stereocenters. The number of aliphatic hydroxyl groups is 1. The highest BCUT2D eigenvalue weighted by molar-refractivity contribution is 6.01. The van der Waals surface area contributed by atoms with Gasteiger partial charge in [-0.1, -0.05) is 6.07 Å². The van der Waals surface area contributed by atoms with E-state index >= 15 is 0 Å². The molecule has 0 saturated carbocycles. The standard InChI is InChI=1S/C13H20N2O3/c1-4-18-10-7-5-6-9(14)11(10)12(16)15-8-13(2,3)17/h5-7,17H,4,8,14H2,1-3H3,(H,15,16). The fourth-order valence-corrected chi connectivity index (χ4v) is 1.45. The molecule has 0 aliphatic rings. The zero-order valence-electron chi connectivity index (χ0n) is 11.0. The zero-order valence-corrected chi connectivity index (χ0v) is 11.0. The van der Waals surface area contributed by atoms with Crippen LogP contribution in [0.4, 0.5) is 5.69 Å². The zero-order chi connectivity index (χ0) is 13.8. The fraction of sp³-hybridized carbons (Fsp3) is 0.462. The first kappa shape index (κ1) is 14.3. The molecule has 18 heavy (non-hydrogen) atoms. The lowest BCUT2D eigenvalue weighted by molar-refractivity contribution is 0.0693. The molecule has 0 aliphatic heterocycles. The number of rotatable bonds is 5. The van der Waals surface area contributed by atoms with E-state index in [-0.39, 0.29) is 12.5 Å². The van der Waals surface area contributed by atoms with Gasteiger partial charge in [-0.2, -0.15) is 0 Å². The van der Waals surface area contributed by atoms with Gasteiger partial charge in [0, 0.05) is 12.2 Å². The van der Waals surface area contributed by atoms with Crippen LogP contribution in [0.25, 0.3) is 0 Å². The van der Waals surface area contributed by atoms with Gasteiger partial charge in [0.1, 0.15) is 11.3 Å². The van der Waals surface area contributed by atoms with Gasteiger partial charge < -0.3 is 20.9 Å². The molecule has 1 amide bonds. The molecule has 5 nitrogen and oxygen atoms in total. The average Bonchev–Trinajstić information content (AvgIpc) is 2.26. The molecule has 1 aromatic rings. The predicted molar refractivity (Wildman–Crippen MR) is 70.7 cm³/mol. The third-order valence-electron chi connectivity index (χ3n) is 2.27. The monoisotopic (exact) mass is 252 g/mol. The number of hydrogen-bond donors (Lipinski definition) is 3. The number of anilines is 1. The van der Waals surface area contributed by atoms with Crippen LogP contribution in [0, 0.1) is 0 Å². The smallest absolute Gasteiger partial charge is 0.257 e. The van der Waals surface area contributed by atoms with E-state index < -0.39 is 5.60 Å². The van der Waals surface area contributed by atoms with E-state index in [1.54, 1.807) is 32.0 Å². The second-order valence-corrected chi connectivity index (χ2v) is 4.65. The molecular weight excluding hydrogens is 232 g/mol. The molecule has 0 aliphatic carbocycles. The number of carbonyl (C=O) groups is 1. The summed E-state index contributed by atoms with van der Waals surface area (Å²) in [7, 11) is 0. The lowest BCUT2D eigenvalue weighted by Gasteiger charge is -2.19. The quantitative estimate of drug-likeness (QED) is 0.687. The molecule has 0 aromatic heterocycles. The van der Waals surface area contributed by atoms with Crippen molar-refractivity contribution in [3.05, 3.63) is 23.8 Å². The molecule has 1 aromatic carbocycles. The second kappa shape index (κ2) is 5.73. The van der Waals surface area contributed by atoms with Crippen LogP contribution in [0.15, 0.2) is 18.2 Å². The van der Waals surface area contributed by atoms with E-state index in [9.17, 15) is 9.90 Å². The van der Waals surface area contributed by atoms with Crippen molar-refractivity contribution in [2.24, 2.45) is 0 Å². The molecule has 0 heterocycles. The SMILES string of the molecule is CCOc1cccc(N)c1C(=O)NCC(C)(C)O. The molecule has 0 fully saturated rings. The summed E-state index contributed by atoms with van der Waals surface area (Å²) in [6.07, 6.45) is 0. The maximum absolute atomic E-state index is 12.0. The minimum Gasteiger partial charge on any atom is -0.493 e. The van der Waals surface area contributed by atoms with Crippen LogP contribution in [-0.2, 0) is 0 Å². The van der Waals surface area contributed by atoms with Gasteiger partial charge in [0.15, 0.2) is 0 Å². The highest BCUT2D eigenvalue weighted by Gasteiger charge is 2.19. The summed E-state index contributed by atoms with van der Waals surface area (Å²) in [5.41, 5.74) is 5.49. The number of benzene rings is 1. The Bertz CT molecular complexity index is 425. The van der Waals surface area contributed by atoms with Crippen molar-refractivity contribution in [3.63, 3.8) is 0 Å². The first-order valence-corrected chi connectivity index (χ1v) is 5.87. The summed E-state index contributed by atoms with van der Waals surface area (Å²) in [5.74, 6) is 0.101. The van der Waals surface area contributed by atoms with Crippen LogP contribution in [0.5, 0.6) is 5.75 Å². The summed E-state index contributed by atoms with van der Waals surface area (Å²) in [4.78, 5) is 12.0. The lowest BCUT2D eigenvalue weighted by Crippen LogP contribution is -2.38. The van der Waals surface area contributed by atoms with E-state index in [2.05, 4.69) is 5.32 Å². The van der Waals surface area contributed by atoms with Crippen LogP contribution in [-0.4, -0.2) is 29.8 Å². The highest BCUT2D eigenvalue weighted by atomic mass is 16.5. The van der Waals surface area contributed by atoms with Gasteiger partial charge in [-0.15, -0.1) is 0 Å². The van der Waals surface area contributed by atoms with Gasteiger partial charge >= 0.3 is 0 Å². The van der Waals surface area contributed by atoms with E-state index in [4.69, 9.17) is 10.5 Å².